The van der Waals surface area contributed by atoms with E-state index in [9.17, 15) is 19.2 Å². The van der Waals surface area contributed by atoms with Crippen molar-refractivity contribution in [3.8, 4) is 0 Å². The highest BCUT2D eigenvalue weighted by Crippen LogP contribution is 2.52. The zero-order chi connectivity index (χ0) is 21.9. The fourth-order valence-corrected chi connectivity index (χ4v) is 5.74. The van der Waals surface area contributed by atoms with E-state index >= 15 is 0 Å². The number of thiophene rings is 1. The molecule has 2 aromatic rings. The van der Waals surface area contributed by atoms with Gasteiger partial charge >= 0.3 is 0 Å². The molecule has 2 heterocycles. The van der Waals surface area contributed by atoms with Crippen LogP contribution in [-0.2, 0) is 9.59 Å². The number of Topliss-reactive ketones (excluding diaryl/α,β-unsaturated/α-hetero) is 1. The van der Waals surface area contributed by atoms with E-state index in [4.69, 9.17) is 23.2 Å². The molecule has 1 aromatic carbocycles. The zero-order valence-corrected chi connectivity index (χ0v) is 18.4. The lowest BCUT2D eigenvalue weighted by Crippen LogP contribution is -2.52. The summed E-state index contributed by atoms with van der Waals surface area (Å²) in [5, 5.41) is 4.03. The van der Waals surface area contributed by atoms with Crippen molar-refractivity contribution in [1.82, 2.24) is 10.0 Å². The van der Waals surface area contributed by atoms with Crippen LogP contribution < -0.4 is 0 Å². The SMILES string of the molecule is O=C(CN(C(=O)c1ccc(Cl)c(Cl)c1)N1C(=O)[C@H]2[C@H](C1=O)[C@H]1C=C[C@H]2C1)c1cccs1. The van der Waals surface area contributed by atoms with Crippen molar-refractivity contribution >= 4 is 58.0 Å². The molecule has 0 radical (unpaired) electrons. The van der Waals surface area contributed by atoms with E-state index < -0.39 is 36.1 Å². The number of hydrogen-bond acceptors (Lipinski definition) is 5. The molecule has 1 aliphatic heterocycles. The molecule has 1 saturated heterocycles. The quantitative estimate of drug-likeness (QED) is 0.371. The predicted molar refractivity (Wildman–Crippen MR) is 116 cm³/mol. The van der Waals surface area contributed by atoms with Gasteiger partial charge in [0, 0.05) is 5.56 Å². The van der Waals surface area contributed by atoms with Crippen molar-refractivity contribution in [3.05, 3.63) is 68.3 Å². The summed E-state index contributed by atoms with van der Waals surface area (Å²) in [5.74, 6) is -2.87. The van der Waals surface area contributed by atoms with Crippen LogP contribution in [0, 0.1) is 23.7 Å². The maximum Gasteiger partial charge on any atom is 0.273 e. The summed E-state index contributed by atoms with van der Waals surface area (Å²) in [4.78, 5) is 53.2. The number of ketones is 1. The smallest absolute Gasteiger partial charge is 0.273 e. The third-order valence-electron chi connectivity index (χ3n) is 6.18. The van der Waals surface area contributed by atoms with Crippen LogP contribution >= 0.6 is 34.5 Å². The Labute approximate surface area is 192 Å². The molecule has 2 bridgehead atoms. The van der Waals surface area contributed by atoms with Gasteiger partial charge in [-0.3, -0.25) is 19.2 Å². The first-order chi connectivity index (χ1) is 14.9. The van der Waals surface area contributed by atoms with Crippen LogP contribution in [0.5, 0.6) is 0 Å². The Morgan fingerprint density at radius 2 is 1.71 bits per heavy atom. The standard InChI is InChI=1S/C22H16Cl2N2O4S/c23-14-6-5-13(9-15(14)24)20(28)25(10-16(27)17-2-1-7-31-17)26-21(29)18-11-3-4-12(8-11)19(18)22(26)30/h1-7,9,11-12,18-19H,8,10H2/t11-,12-,18+,19+/m0/s1. The summed E-state index contributed by atoms with van der Waals surface area (Å²) < 4.78 is 0. The van der Waals surface area contributed by atoms with E-state index in [2.05, 4.69) is 0 Å². The van der Waals surface area contributed by atoms with Gasteiger partial charge in [-0.1, -0.05) is 41.4 Å². The number of benzene rings is 1. The highest BCUT2D eigenvalue weighted by molar-refractivity contribution is 7.12. The largest absolute Gasteiger partial charge is 0.291 e. The van der Waals surface area contributed by atoms with Gasteiger partial charge in [-0.05, 0) is 47.9 Å². The monoisotopic (exact) mass is 474 g/mol. The molecule has 3 amide bonds. The second-order valence-corrected chi connectivity index (χ2v) is 9.64. The second kappa shape index (κ2) is 7.58. The minimum Gasteiger partial charge on any atom is -0.291 e. The number of carbonyl (C=O) groups excluding carboxylic acids is 4. The molecule has 2 aliphatic carbocycles. The highest BCUT2D eigenvalue weighted by atomic mass is 35.5. The van der Waals surface area contributed by atoms with Crippen molar-refractivity contribution < 1.29 is 19.2 Å². The fourth-order valence-electron chi connectivity index (χ4n) is 4.79. The van der Waals surface area contributed by atoms with Gasteiger partial charge in [-0.15, -0.1) is 11.3 Å². The number of fused-ring (bicyclic) bond motifs is 5. The van der Waals surface area contributed by atoms with E-state index in [0.717, 1.165) is 16.4 Å². The van der Waals surface area contributed by atoms with Gasteiger partial charge in [0.2, 0.25) is 0 Å². The molecule has 31 heavy (non-hydrogen) atoms. The van der Waals surface area contributed by atoms with E-state index in [1.54, 1.807) is 17.5 Å². The number of hydrazine groups is 1. The van der Waals surface area contributed by atoms with Crippen molar-refractivity contribution in [2.24, 2.45) is 23.7 Å². The molecule has 6 nitrogen and oxygen atoms in total. The maximum absolute atomic E-state index is 13.4. The second-order valence-electron chi connectivity index (χ2n) is 7.88. The summed E-state index contributed by atoms with van der Waals surface area (Å²) in [7, 11) is 0. The third kappa shape index (κ3) is 3.23. The lowest BCUT2D eigenvalue weighted by atomic mass is 9.85. The highest BCUT2D eigenvalue weighted by Gasteiger charge is 2.61. The van der Waals surface area contributed by atoms with Crippen LogP contribution in [0.4, 0.5) is 0 Å². The molecule has 1 saturated carbocycles. The van der Waals surface area contributed by atoms with Gasteiger partial charge in [0.25, 0.3) is 17.7 Å². The number of hydrogen-bond donors (Lipinski definition) is 0. The molecule has 158 valence electrons. The molecule has 4 atom stereocenters. The topological polar surface area (TPSA) is 74.8 Å². The molecule has 0 unspecified atom stereocenters. The van der Waals surface area contributed by atoms with Crippen LogP contribution in [0.25, 0.3) is 0 Å². The number of allylic oxidation sites excluding steroid dienone is 2. The third-order valence-corrected chi connectivity index (χ3v) is 7.83. The Morgan fingerprint density at radius 1 is 1.03 bits per heavy atom. The first-order valence-corrected chi connectivity index (χ1v) is 11.4. The molecule has 0 N–H and O–H groups in total. The summed E-state index contributed by atoms with van der Waals surface area (Å²) in [6.07, 6.45) is 4.72. The molecule has 2 fully saturated rings. The van der Waals surface area contributed by atoms with Gasteiger partial charge in [0.1, 0.15) is 6.54 Å². The van der Waals surface area contributed by atoms with Crippen LogP contribution in [0.3, 0.4) is 0 Å². The Morgan fingerprint density at radius 3 is 2.29 bits per heavy atom. The molecule has 0 spiro atoms. The zero-order valence-electron chi connectivity index (χ0n) is 16.0. The van der Waals surface area contributed by atoms with Crippen molar-refractivity contribution in [3.63, 3.8) is 0 Å². The molecular weight excluding hydrogens is 459 g/mol. The molecule has 9 heteroatoms. The first kappa shape index (κ1) is 20.4. The number of rotatable bonds is 5. The molecule has 5 rings (SSSR count). The number of carbonyl (C=O) groups is 4. The Kier molecular flexibility index (Phi) is 5.00. The van der Waals surface area contributed by atoms with E-state index in [1.807, 2.05) is 12.2 Å². The van der Waals surface area contributed by atoms with E-state index in [1.165, 1.54) is 29.5 Å². The van der Waals surface area contributed by atoms with Crippen LogP contribution in [-0.4, -0.2) is 40.1 Å². The molecule has 3 aliphatic rings. The summed E-state index contributed by atoms with van der Waals surface area (Å²) in [6, 6.07) is 7.65. The summed E-state index contributed by atoms with van der Waals surface area (Å²) in [6.45, 7) is -0.431. The fraction of sp³-hybridized carbons (Fsp3) is 0.273. The average Bonchev–Trinajstić information content (AvgIpc) is 3.53. The number of nitrogens with zero attached hydrogens (tertiary/aromatic N) is 2. The van der Waals surface area contributed by atoms with Gasteiger partial charge in [-0.2, -0.15) is 5.01 Å². The Balaban J connectivity index is 1.51. The molecular formula is C22H16Cl2N2O4S. The van der Waals surface area contributed by atoms with Gasteiger partial charge in [0.05, 0.1) is 26.8 Å². The Hall–Kier alpha value is -2.48. The number of halogens is 2. The van der Waals surface area contributed by atoms with Crippen molar-refractivity contribution in [2.45, 2.75) is 6.42 Å². The number of imide groups is 1. The number of amides is 3. The van der Waals surface area contributed by atoms with E-state index in [0.29, 0.717) is 4.88 Å². The van der Waals surface area contributed by atoms with E-state index in [-0.39, 0.29) is 33.2 Å². The predicted octanol–water partition coefficient (Wildman–Crippen LogP) is 4.10. The summed E-state index contributed by atoms with van der Waals surface area (Å²) in [5.41, 5.74) is 0.132. The average molecular weight is 475 g/mol. The van der Waals surface area contributed by atoms with Gasteiger partial charge < -0.3 is 0 Å². The van der Waals surface area contributed by atoms with Crippen LogP contribution in [0.1, 0.15) is 26.5 Å². The minimum absolute atomic E-state index is 0.00799. The normalized spacial score (nSPS) is 25.9. The van der Waals surface area contributed by atoms with Gasteiger partial charge in [0.15, 0.2) is 5.78 Å². The minimum atomic E-state index is -0.662. The summed E-state index contributed by atoms with van der Waals surface area (Å²) >= 11 is 13.3. The molecule has 1 aromatic heterocycles. The van der Waals surface area contributed by atoms with Crippen molar-refractivity contribution in [1.29, 1.82) is 0 Å². The lowest BCUT2D eigenvalue weighted by molar-refractivity contribution is -0.154. The Bertz CT molecular complexity index is 1120. The van der Waals surface area contributed by atoms with Crippen LogP contribution in [0.15, 0.2) is 47.9 Å². The van der Waals surface area contributed by atoms with Gasteiger partial charge in [-0.25, -0.2) is 5.01 Å². The maximum atomic E-state index is 13.4. The lowest BCUT2D eigenvalue weighted by Gasteiger charge is -2.30. The van der Waals surface area contributed by atoms with Crippen LogP contribution in [0.2, 0.25) is 10.0 Å². The van der Waals surface area contributed by atoms with Crippen molar-refractivity contribution in [2.75, 3.05) is 6.54 Å². The first-order valence-electron chi connectivity index (χ1n) is 9.76.